The van der Waals surface area contributed by atoms with Crippen molar-refractivity contribution in [2.24, 2.45) is 0 Å². The Morgan fingerprint density at radius 2 is 2.23 bits per heavy atom. The van der Waals surface area contributed by atoms with Crippen LogP contribution in [0.1, 0.15) is 31.5 Å². The van der Waals surface area contributed by atoms with Crippen LogP contribution in [0.25, 0.3) is 11.3 Å². The molecular weight excluding hydrogens is 342 g/mol. The number of hydrogen-bond acceptors (Lipinski definition) is 3. The van der Waals surface area contributed by atoms with Crippen LogP contribution in [0.5, 0.6) is 5.75 Å². The molecule has 0 radical (unpaired) electrons. The van der Waals surface area contributed by atoms with Gasteiger partial charge in [0.15, 0.2) is 0 Å². The second-order valence-corrected chi connectivity index (χ2v) is 6.50. The molecule has 5 heteroatoms. The maximum atomic E-state index is 5.72. The first kappa shape index (κ1) is 15.6. The van der Waals surface area contributed by atoms with Crippen molar-refractivity contribution in [3.8, 4) is 17.0 Å². The molecule has 0 spiro atoms. The summed E-state index contributed by atoms with van der Waals surface area (Å²) in [5.74, 6) is 0.894. The zero-order valence-corrected chi connectivity index (χ0v) is 14.7. The van der Waals surface area contributed by atoms with Gasteiger partial charge >= 0.3 is 0 Å². The lowest BCUT2D eigenvalue weighted by Gasteiger charge is -2.25. The predicted octanol–water partition coefficient (Wildman–Crippen LogP) is 4.01. The molecule has 3 rings (SSSR count). The Bertz CT molecular complexity index is 653. The second kappa shape index (κ2) is 6.84. The van der Waals surface area contributed by atoms with Crippen molar-refractivity contribution in [3.63, 3.8) is 0 Å². The molecule has 1 aliphatic rings. The molecule has 118 valence electrons. The van der Waals surface area contributed by atoms with E-state index >= 15 is 0 Å². The number of nitrogens with zero attached hydrogens (tertiary/aromatic N) is 2. The van der Waals surface area contributed by atoms with Gasteiger partial charge in [-0.2, -0.15) is 5.10 Å². The molecule has 22 heavy (non-hydrogen) atoms. The molecular formula is C17H22BrN3O. The molecule has 0 atom stereocenters. The Balaban J connectivity index is 1.89. The summed E-state index contributed by atoms with van der Waals surface area (Å²) >= 11 is 3.61. The smallest absolute Gasteiger partial charge is 0.133 e. The fourth-order valence-electron chi connectivity index (χ4n) is 2.84. The number of hydrogen-bond donors (Lipinski definition) is 1. The summed E-state index contributed by atoms with van der Waals surface area (Å²) in [5.41, 5.74) is 4.81. The molecule has 1 N–H and O–H groups in total. The van der Waals surface area contributed by atoms with Gasteiger partial charge in [-0.25, -0.2) is 0 Å². The molecule has 0 aliphatic carbocycles. The van der Waals surface area contributed by atoms with Gasteiger partial charge in [0.05, 0.1) is 16.8 Å². The molecule has 2 aromatic rings. The van der Waals surface area contributed by atoms with E-state index < -0.39 is 0 Å². The van der Waals surface area contributed by atoms with Crippen LogP contribution < -0.4 is 4.74 Å². The minimum Gasteiger partial charge on any atom is -0.492 e. The molecule has 0 bridgehead atoms. The summed E-state index contributed by atoms with van der Waals surface area (Å²) in [7, 11) is 0. The molecule has 0 unspecified atom stereocenters. The SMILES string of the molecule is CCCOc1ccc(-c2n[nH]c3c2CN(CC)CC3)cc1Br. The average Bonchev–Trinajstić information content (AvgIpc) is 2.96. The molecule has 1 aliphatic heterocycles. The van der Waals surface area contributed by atoms with E-state index in [0.29, 0.717) is 0 Å². The highest BCUT2D eigenvalue weighted by Gasteiger charge is 2.22. The van der Waals surface area contributed by atoms with Gasteiger partial charge in [-0.15, -0.1) is 0 Å². The third-order valence-corrected chi connectivity index (χ3v) is 4.75. The largest absolute Gasteiger partial charge is 0.492 e. The van der Waals surface area contributed by atoms with Crippen LogP contribution in [0, 0.1) is 0 Å². The van der Waals surface area contributed by atoms with Gasteiger partial charge < -0.3 is 4.74 Å². The lowest BCUT2D eigenvalue weighted by atomic mass is 10.0. The lowest BCUT2D eigenvalue weighted by Crippen LogP contribution is -2.30. The number of benzene rings is 1. The van der Waals surface area contributed by atoms with Crippen molar-refractivity contribution in [3.05, 3.63) is 33.9 Å². The number of aromatic nitrogens is 2. The van der Waals surface area contributed by atoms with Gasteiger partial charge in [0.25, 0.3) is 0 Å². The first-order chi connectivity index (χ1) is 10.7. The molecule has 2 heterocycles. The summed E-state index contributed by atoms with van der Waals surface area (Å²) in [4.78, 5) is 2.45. The van der Waals surface area contributed by atoms with E-state index in [2.05, 4.69) is 57.0 Å². The number of likely N-dealkylation sites (N-methyl/N-ethyl adjacent to an activating group) is 1. The second-order valence-electron chi connectivity index (χ2n) is 5.64. The number of ether oxygens (including phenoxy) is 1. The van der Waals surface area contributed by atoms with Crippen LogP contribution in [-0.4, -0.2) is 34.8 Å². The third kappa shape index (κ3) is 3.06. The van der Waals surface area contributed by atoms with Crippen molar-refractivity contribution in [2.45, 2.75) is 33.2 Å². The number of fused-ring (bicyclic) bond motifs is 1. The highest BCUT2D eigenvalue weighted by Crippen LogP contribution is 2.33. The van der Waals surface area contributed by atoms with Crippen LogP contribution in [0.3, 0.4) is 0 Å². The highest BCUT2D eigenvalue weighted by atomic mass is 79.9. The van der Waals surface area contributed by atoms with Crippen molar-refractivity contribution < 1.29 is 4.74 Å². The number of aromatic amines is 1. The van der Waals surface area contributed by atoms with Gasteiger partial charge in [-0.1, -0.05) is 13.8 Å². The van der Waals surface area contributed by atoms with Crippen LogP contribution >= 0.6 is 15.9 Å². The minimum atomic E-state index is 0.737. The zero-order chi connectivity index (χ0) is 15.5. The van der Waals surface area contributed by atoms with E-state index in [1.807, 2.05) is 6.07 Å². The standard InChI is InChI=1S/C17H22BrN3O/c1-3-9-22-16-6-5-12(10-14(16)18)17-13-11-21(4-2)8-7-15(13)19-20-17/h5-6,10H,3-4,7-9,11H2,1-2H3,(H,19,20). The van der Waals surface area contributed by atoms with Crippen molar-refractivity contribution in [1.29, 1.82) is 0 Å². The van der Waals surface area contributed by atoms with E-state index in [1.165, 1.54) is 11.3 Å². The lowest BCUT2D eigenvalue weighted by molar-refractivity contribution is 0.267. The fraction of sp³-hybridized carbons (Fsp3) is 0.471. The molecule has 4 nitrogen and oxygen atoms in total. The van der Waals surface area contributed by atoms with Gasteiger partial charge in [-0.05, 0) is 47.1 Å². The summed E-state index contributed by atoms with van der Waals surface area (Å²) in [6.45, 7) is 8.22. The van der Waals surface area contributed by atoms with Crippen LogP contribution in [0.2, 0.25) is 0 Å². The van der Waals surface area contributed by atoms with E-state index in [4.69, 9.17) is 4.74 Å². The maximum absolute atomic E-state index is 5.72. The molecule has 0 amide bonds. The monoisotopic (exact) mass is 363 g/mol. The zero-order valence-electron chi connectivity index (χ0n) is 13.2. The molecule has 1 aromatic carbocycles. The minimum absolute atomic E-state index is 0.737. The third-order valence-electron chi connectivity index (χ3n) is 4.13. The average molecular weight is 364 g/mol. The number of H-pyrrole nitrogens is 1. The van der Waals surface area contributed by atoms with Crippen molar-refractivity contribution in [1.82, 2.24) is 15.1 Å². The number of rotatable bonds is 5. The van der Waals surface area contributed by atoms with Crippen LogP contribution in [0.4, 0.5) is 0 Å². The summed E-state index contributed by atoms with van der Waals surface area (Å²) < 4.78 is 6.71. The molecule has 0 fully saturated rings. The number of nitrogens with one attached hydrogen (secondary N) is 1. The van der Waals surface area contributed by atoms with E-state index in [-0.39, 0.29) is 0 Å². The first-order valence-electron chi connectivity index (χ1n) is 7.94. The van der Waals surface area contributed by atoms with Gasteiger partial charge in [0.1, 0.15) is 5.75 Å². The summed E-state index contributed by atoms with van der Waals surface area (Å²) in [5, 5.41) is 7.77. The topological polar surface area (TPSA) is 41.1 Å². The van der Waals surface area contributed by atoms with E-state index in [0.717, 1.165) is 60.6 Å². The van der Waals surface area contributed by atoms with E-state index in [1.54, 1.807) is 0 Å². The Kier molecular flexibility index (Phi) is 4.84. The Hall–Kier alpha value is -1.33. The normalized spacial score (nSPS) is 14.9. The fourth-order valence-corrected chi connectivity index (χ4v) is 3.33. The van der Waals surface area contributed by atoms with E-state index in [9.17, 15) is 0 Å². The Morgan fingerprint density at radius 3 is 2.95 bits per heavy atom. The first-order valence-corrected chi connectivity index (χ1v) is 8.73. The summed E-state index contributed by atoms with van der Waals surface area (Å²) in [6, 6.07) is 6.22. The Morgan fingerprint density at radius 1 is 1.36 bits per heavy atom. The van der Waals surface area contributed by atoms with Gasteiger partial charge in [0, 0.05) is 36.3 Å². The van der Waals surface area contributed by atoms with Crippen molar-refractivity contribution in [2.75, 3.05) is 19.7 Å². The highest BCUT2D eigenvalue weighted by molar-refractivity contribution is 9.10. The van der Waals surface area contributed by atoms with Gasteiger partial charge in [-0.3, -0.25) is 10.00 Å². The van der Waals surface area contributed by atoms with Crippen LogP contribution in [-0.2, 0) is 13.0 Å². The quantitative estimate of drug-likeness (QED) is 0.872. The molecule has 1 aromatic heterocycles. The van der Waals surface area contributed by atoms with Crippen molar-refractivity contribution >= 4 is 15.9 Å². The molecule has 0 saturated carbocycles. The molecule has 0 saturated heterocycles. The Labute approximate surface area is 140 Å². The summed E-state index contributed by atoms with van der Waals surface area (Å²) in [6.07, 6.45) is 2.06. The van der Waals surface area contributed by atoms with Crippen LogP contribution in [0.15, 0.2) is 22.7 Å². The number of halogens is 1. The maximum Gasteiger partial charge on any atom is 0.133 e. The van der Waals surface area contributed by atoms with Gasteiger partial charge in [0.2, 0.25) is 0 Å². The predicted molar refractivity (Wildman–Crippen MR) is 92.2 cm³/mol.